The highest BCUT2D eigenvalue weighted by atomic mass is 16.5. The van der Waals surface area contributed by atoms with Gasteiger partial charge in [-0.25, -0.2) is 0 Å². The first-order valence-electron chi connectivity index (χ1n) is 8.86. The van der Waals surface area contributed by atoms with E-state index < -0.39 is 0 Å². The quantitative estimate of drug-likeness (QED) is 0.774. The summed E-state index contributed by atoms with van der Waals surface area (Å²) in [6, 6.07) is 15.1. The Balaban J connectivity index is 1.50. The SMILES string of the molecule is COc1ccc(N2CC(C(=O)Nc3cccc4c3ccn4C)CC2=O)cc1. The maximum absolute atomic E-state index is 12.8. The van der Waals surface area contributed by atoms with Crippen LogP contribution in [0.2, 0.25) is 0 Å². The number of methoxy groups -OCH3 is 1. The summed E-state index contributed by atoms with van der Waals surface area (Å²) in [4.78, 5) is 26.9. The number of hydrogen-bond donors (Lipinski definition) is 1. The van der Waals surface area contributed by atoms with Crippen LogP contribution in [-0.4, -0.2) is 30.0 Å². The summed E-state index contributed by atoms with van der Waals surface area (Å²) >= 11 is 0. The molecule has 1 fully saturated rings. The first-order chi connectivity index (χ1) is 13.1. The molecule has 2 aromatic carbocycles. The van der Waals surface area contributed by atoms with E-state index in [1.165, 1.54) is 0 Å². The summed E-state index contributed by atoms with van der Waals surface area (Å²) in [6.07, 6.45) is 2.17. The third-order valence-corrected chi connectivity index (χ3v) is 5.07. The average Bonchev–Trinajstić information content (AvgIpc) is 3.26. The average molecular weight is 363 g/mol. The summed E-state index contributed by atoms with van der Waals surface area (Å²) in [5, 5.41) is 3.99. The van der Waals surface area contributed by atoms with Gasteiger partial charge in [0, 0.05) is 42.8 Å². The summed E-state index contributed by atoms with van der Waals surface area (Å²) < 4.78 is 7.16. The Kier molecular flexibility index (Phi) is 4.32. The Hall–Kier alpha value is -3.28. The maximum atomic E-state index is 12.8. The zero-order valence-corrected chi connectivity index (χ0v) is 15.3. The minimum absolute atomic E-state index is 0.0433. The number of aryl methyl sites for hydroxylation is 1. The van der Waals surface area contributed by atoms with E-state index in [2.05, 4.69) is 5.32 Å². The van der Waals surface area contributed by atoms with Crippen molar-refractivity contribution in [1.29, 1.82) is 0 Å². The summed E-state index contributed by atoms with van der Waals surface area (Å²) in [5.74, 6) is 0.183. The number of ether oxygens (including phenoxy) is 1. The smallest absolute Gasteiger partial charge is 0.229 e. The van der Waals surface area contributed by atoms with Crippen LogP contribution in [0.3, 0.4) is 0 Å². The van der Waals surface area contributed by atoms with Gasteiger partial charge in [0.2, 0.25) is 11.8 Å². The molecule has 1 atom stereocenters. The largest absolute Gasteiger partial charge is 0.497 e. The molecule has 138 valence electrons. The lowest BCUT2D eigenvalue weighted by atomic mass is 10.1. The van der Waals surface area contributed by atoms with Gasteiger partial charge in [-0.15, -0.1) is 0 Å². The lowest BCUT2D eigenvalue weighted by Gasteiger charge is -2.17. The van der Waals surface area contributed by atoms with Gasteiger partial charge in [-0.1, -0.05) is 6.07 Å². The molecule has 0 saturated carbocycles. The van der Waals surface area contributed by atoms with Gasteiger partial charge in [0.15, 0.2) is 0 Å². The third-order valence-electron chi connectivity index (χ3n) is 5.07. The van der Waals surface area contributed by atoms with Gasteiger partial charge in [0.1, 0.15) is 5.75 Å². The minimum Gasteiger partial charge on any atom is -0.497 e. The molecule has 1 saturated heterocycles. The molecule has 0 spiro atoms. The van der Waals surface area contributed by atoms with E-state index in [-0.39, 0.29) is 24.2 Å². The van der Waals surface area contributed by atoms with Crippen LogP contribution in [0.1, 0.15) is 6.42 Å². The standard InChI is InChI=1S/C21H21N3O3/c1-23-11-10-17-18(4-3-5-19(17)23)22-21(26)14-12-20(25)24(13-14)15-6-8-16(27-2)9-7-15/h3-11,14H,12-13H2,1-2H3,(H,22,26). The van der Waals surface area contributed by atoms with E-state index in [1.54, 1.807) is 12.0 Å². The van der Waals surface area contributed by atoms with E-state index in [9.17, 15) is 9.59 Å². The van der Waals surface area contributed by atoms with Crippen molar-refractivity contribution in [1.82, 2.24) is 4.57 Å². The molecule has 2 heterocycles. The van der Waals surface area contributed by atoms with E-state index in [1.807, 2.05) is 66.3 Å². The molecule has 4 rings (SSSR count). The van der Waals surface area contributed by atoms with Gasteiger partial charge in [0.05, 0.1) is 18.7 Å². The summed E-state index contributed by atoms with van der Waals surface area (Å²) in [6.45, 7) is 0.377. The van der Waals surface area contributed by atoms with Crippen molar-refractivity contribution in [3.63, 3.8) is 0 Å². The minimum atomic E-state index is -0.376. The van der Waals surface area contributed by atoms with E-state index in [4.69, 9.17) is 4.74 Å². The van der Waals surface area contributed by atoms with Crippen LogP contribution in [-0.2, 0) is 16.6 Å². The number of hydrogen-bond acceptors (Lipinski definition) is 3. The number of rotatable bonds is 4. The van der Waals surface area contributed by atoms with Gasteiger partial charge in [0.25, 0.3) is 0 Å². The first-order valence-corrected chi connectivity index (χ1v) is 8.86. The second kappa shape index (κ2) is 6.79. The molecular weight excluding hydrogens is 342 g/mol. The molecular formula is C21H21N3O3. The second-order valence-corrected chi connectivity index (χ2v) is 6.76. The van der Waals surface area contributed by atoms with Gasteiger partial charge in [-0.2, -0.15) is 0 Å². The Labute approximate surface area is 157 Å². The molecule has 1 unspecified atom stereocenters. The number of fused-ring (bicyclic) bond motifs is 1. The fourth-order valence-electron chi connectivity index (χ4n) is 3.54. The number of carbonyl (C=O) groups excluding carboxylic acids is 2. The van der Waals surface area contributed by atoms with E-state index >= 15 is 0 Å². The van der Waals surface area contributed by atoms with Crippen LogP contribution in [0.5, 0.6) is 5.75 Å². The first kappa shape index (κ1) is 17.1. The van der Waals surface area contributed by atoms with Crippen molar-refractivity contribution in [2.75, 3.05) is 23.9 Å². The van der Waals surface area contributed by atoms with Crippen molar-refractivity contribution in [3.05, 3.63) is 54.7 Å². The molecule has 1 aliphatic heterocycles. The highest BCUT2D eigenvalue weighted by molar-refractivity contribution is 6.06. The lowest BCUT2D eigenvalue weighted by molar-refractivity contribution is -0.122. The van der Waals surface area contributed by atoms with Crippen LogP contribution < -0.4 is 15.0 Å². The molecule has 2 amide bonds. The Morgan fingerprint density at radius 2 is 1.93 bits per heavy atom. The van der Waals surface area contributed by atoms with Crippen LogP contribution in [0, 0.1) is 5.92 Å². The van der Waals surface area contributed by atoms with Crippen molar-refractivity contribution >= 4 is 34.1 Å². The zero-order chi connectivity index (χ0) is 19.0. The fraction of sp³-hybridized carbons (Fsp3) is 0.238. The molecule has 0 aliphatic carbocycles. The Bertz CT molecular complexity index is 1010. The summed E-state index contributed by atoms with van der Waals surface area (Å²) in [5.41, 5.74) is 2.60. The van der Waals surface area contributed by atoms with Crippen molar-refractivity contribution in [2.24, 2.45) is 13.0 Å². The zero-order valence-electron chi connectivity index (χ0n) is 15.3. The highest BCUT2D eigenvalue weighted by Crippen LogP contribution is 2.29. The van der Waals surface area contributed by atoms with Crippen LogP contribution in [0.25, 0.3) is 10.9 Å². The van der Waals surface area contributed by atoms with Crippen LogP contribution in [0.15, 0.2) is 54.7 Å². The third kappa shape index (κ3) is 3.14. The lowest BCUT2D eigenvalue weighted by Crippen LogP contribution is -2.28. The monoisotopic (exact) mass is 363 g/mol. The number of aromatic nitrogens is 1. The van der Waals surface area contributed by atoms with Gasteiger partial charge in [-0.3, -0.25) is 9.59 Å². The molecule has 6 nitrogen and oxygen atoms in total. The Morgan fingerprint density at radius 3 is 2.67 bits per heavy atom. The number of benzene rings is 2. The number of amides is 2. The van der Waals surface area contributed by atoms with E-state index in [0.717, 1.165) is 28.0 Å². The van der Waals surface area contributed by atoms with Gasteiger partial charge >= 0.3 is 0 Å². The molecule has 1 aromatic heterocycles. The predicted octanol–water partition coefficient (Wildman–Crippen LogP) is 3.18. The highest BCUT2D eigenvalue weighted by Gasteiger charge is 2.35. The molecule has 1 aliphatic rings. The molecule has 1 N–H and O–H groups in total. The normalized spacial score (nSPS) is 16.7. The van der Waals surface area contributed by atoms with Gasteiger partial charge < -0.3 is 19.5 Å². The summed E-state index contributed by atoms with van der Waals surface area (Å²) in [7, 11) is 3.57. The molecule has 0 bridgehead atoms. The molecule has 27 heavy (non-hydrogen) atoms. The van der Waals surface area contributed by atoms with Gasteiger partial charge in [-0.05, 0) is 42.5 Å². The topological polar surface area (TPSA) is 63.6 Å². The number of anilines is 2. The van der Waals surface area contributed by atoms with Crippen LogP contribution >= 0.6 is 0 Å². The van der Waals surface area contributed by atoms with Crippen LogP contribution in [0.4, 0.5) is 11.4 Å². The number of nitrogens with zero attached hydrogens (tertiary/aromatic N) is 2. The number of nitrogens with one attached hydrogen (secondary N) is 1. The molecule has 0 radical (unpaired) electrons. The predicted molar refractivity (Wildman–Crippen MR) is 105 cm³/mol. The van der Waals surface area contributed by atoms with E-state index in [0.29, 0.717) is 6.54 Å². The Morgan fingerprint density at radius 1 is 1.15 bits per heavy atom. The molecule has 3 aromatic rings. The van der Waals surface area contributed by atoms with Crippen molar-refractivity contribution < 1.29 is 14.3 Å². The second-order valence-electron chi connectivity index (χ2n) is 6.76. The molecule has 6 heteroatoms. The van der Waals surface area contributed by atoms with Crippen molar-refractivity contribution in [2.45, 2.75) is 6.42 Å². The van der Waals surface area contributed by atoms with Crippen molar-refractivity contribution in [3.8, 4) is 5.75 Å². The number of carbonyl (C=O) groups is 2. The fourth-order valence-corrected chi connectivity index (χ4v) is 3.54. The maximum Gasteiger partial charge on any atom is 0.229 e.